The maximum atomic E-state index is 11.4. The van der Waals surface area contributed by atoms with Crippen molar-refractivity contribution in [3.05, 3.63) is 11.6 Å². The van der Waals surface area contributed by atoms with Crippen molar-refractivity contribution in [2.45, 2.75) is 33.7 Å². The highest BCUT2D eigenvalue weighted by Gasteiger charge is 2.24. The van der Waals surface area contributed by atoms with Crippen LogP contribution in [0.1, 0.15) is 31.5 Å². The summed E-state index contributed by atoms with van der Waals surface area (Å²) in [5.41, 5.74) is 0. The van der Waals surface area contributed by atoms with Crippen LogP contribution in [0.4, 0.5) is 0 Å². The molecule has 0 bridgehead atoms. The molecule has 0 aliphatic heterocycles. The minimum absolute atomic E-state index is 0.0429. The number of hydrogen-bond donors (Lipinski definition) is 0. The van der Waals surface area contributed by atoms with Gasteiger partial charge in [-0.15, -0.1) is 0 Å². The summed E-state index contributed by atoms with van der Waals surface area (Å²) in [6.07, 6.45) is 0. The molecule has 1 aromatic heterocycles. The summed E-state index contributed by atoms with van der Waals surface area (Å²) in [5, 5.41) is 4.25. The summed E-state index contributed by atoms with van der Waals surface area (Å²) in [6, 6.07) is -0.0429. The molecule has 0 spiro atoms. The van der Waals surface area contributed by atoms with Crippen molar-refractivity contribution >= 4 is 5.97 Å². The molecule has 5 nitrogen and oxygen atoms in total. The largest absolute Gasteiger partial charge is 0.469 e. The zero-order valence-corrected chi connectivity index (χ0v) is 9.81. The fourth-order valence-electron chi connectivity index (χ4n) is 1.52. The molecule has 0 saturated carbocycles. The molecule has 15 heavy (non-hydrogen) atoms. The third-order valence-electron chi connectivity index (χ3n) is 2.59. The summed E-state index contributed by atoms with van der Waals surface area (Å²) >= 11 is 0. The van der Waals surface area contributed by atoms with E-state index in [0.29, 0.717) is 0 Å². The Bertz CT molecular complexity index is 360. The summed E-state index contributed by atoms with van der Waals surface area (Å²) in [4.78, 5) is 15.6. The Labute approximate surface area is 89.5 Å². The minimum Gasteiger partial charge on any atom is -0.469 e. The first-order valence-corrected chi connectivity index (χ1v) is 4.95. The Balaban J connectivity index is 2.89. The summed E-state index contributed by atoms with van der Waals surface area (Å²) in [6.45, 7) is 7.47. The van der Waals surface area contributed by atoms with E-state index in [4.69, 9.17) is 4.74 Å². The molecule has 2 unspecified atom stereocenters. The standard InChI is InChI=1S/C10H17N3O2/c1-6(10(14)15-5)7(2)13-9(4)11-8(3)12-13/h6-7H,1-5H3. The summed E-state index contributed by atoms with van der Waals surface area (Å²) < 4.78 is 6.46. The Hall–Kier alpha value is -1.39. The van der Waals surface area contributed by atoms with Gasteiger partial charge in [0.1, 0.15) is 11.6 Å². The van der Waals surface area contributed by atoms with E-state index in [1.54, 1.807) is 4.68 Å². The van der Waals surface area contributed by atoms with Gasteiger partial charge < -0.3 is 4.74 Å². The maximum absolute atomic E-state index is 11.4. The molecular weight excluding hydrogens is 194 g/mol. The van der Waals surface area contributed by atoms with Crippen molar-refractivity contribution < 1.29 is 9.53 Å². The zero-order chi connectivity index (χ0) is 11.6. The summed E-state index contributed by atoms with van der Waals surface area (Å²) in [7, 11) is 1.39. The van der Waals surface area contributed by atoms with Crippen molar-refractivity contribution in [2.75, 3.05) is 7.11 Å². The molecule has 1 rings (SSSR count). The van der Waals surface area contributed by atoms with Gasteiger partial charge in [-0.1, -0.05) is 0 Å². The van der Waals surface area contributed by atoms with Crippen molar-refractivity contribution in [2.24, 2.45) is 5.92 Å². The van der Waals surface area contributed by atoms with Crippen LogP contribution in [0.5, 0.6) is 0 Å². The molecule has 0 radical (unpaired) electrons. The number of methoxy groups -OCH3 is 1. The predicted molar refractivity (Wildman–Crippen MR) is 55.4 cm³/mol. The first-order chi connectivity index (χ1) is 6.97. The van der Waals surface area contributed by atoms with E-state index in [2.05, 4.69) is 10.1 Å². The van der Waals surface area contributed by atoms with Crippen LogP contribution in [-0.4, -0.2) is 27.8 Å². The highest BCUT2D eigenvalue weighted by molar-refractivity contribution is 5.72. The van der Waals surface area contributed by atoms with E-state index < -0.39 is 0 Å². The molecule has 0 saturated heterocycles. The van der Waals surface area contributed by atoms with Crippen LogP contribution >= 0.6 is 0 Å². The Morgan fingerprint density at radius 2 is 2.00 bits per heavy atom. The van der Waals surface area contributed by atoms with Gasteiger partial charge in [-0.3, -0.25) is 4.79 Å². The number of ether oxygens (including phenoxy) is 1. The van der Waals surface area contributed by atoms with Crippen molar-refractivity contribution in [1.82, 2.24) is 14.8 Å². The van der Waals surface area contributed by atoms with Crippen molar-refractivity contribution in [3.8, 4) is 0 Å². The topological polar surface area (TPSA) is 57.0 Å². The predicted octanol–water partition coefficient (Wildman–Crippen LogP) is 1.27. The zero-order valence-electron chi connectivity index (χ0n) is 9.81. The van der Waals surface area contributed by atoms with Gasteiger partial charge in [-0.05, 0) is 27.7 Å². The molecule has 1 aromatic rings. The third kappa shape index (κ3) is 2.34. The second-order valence-electron chi connectivity index (χ2n) is 3.70. The lowest BCUT2D eigenvalue weighted by molar-refractivity contribution is -0.146. The van der Waals surface area contributed by atoms with E-state index in [9.17, 15) is 4.79 Å². The number of esters is 1. The number of rotatable bonds is 3. The lowest BCUT2D eigenvalue weighted by Crippen LogP contribution is -2.24. The van der Waals surface area contributed by atoms with E-state index in [0.717, 1.165) is 11.6 Å². The number of carbonyl (C=O) groups is 1. The lowest BCUT2D eigenvalue weighted by Gasteiger charge is -2.18. The van der Waals surface area contributed by atoms with Crippen LogP contribution in [0, 0.1) is 19.8 Å². The van der Waals surface area contributed by atoms with Crippen LogP contribution in [0.15, 0.2) is 0 Å². The van der Waals surface area contributed by atoms with Gasteiger partial charge in [0, 0.05) is 0 Å². The van der Waals surface area contributed by atoms with Gasteiger partial charge in [0.2, 0.25) is 0 Å². The van der Waals surface area contributed by atoms with E-state index >= 15 is 0 Å². The number of hydrogen-bond acceptors (Lipinski definition) is 4. The van der Waals surface area contributed by atoms with Gasteiger partial charge in [-0.2, -0.15) is 5.10 Å². The number of aryl methyl sites for hydroxylation is 2. The minimum atomic E-state index is -0.227. The normalized spacial score (nSPS) is 14.7. The number of aromatic nitrogens is 3. The fourth-order valence-corrected chi connectivity index (χ4v) is 1.52. The molecule has 84 valence electrons. The van der Waals surface area contributed by atoms with Crippen molar-refractivity contribution in [3.63, 3.8) is 0 Å². The Morgan fingerprint density at radius 3 is 2.40 bits per heavy atom. The quantitative estimate of drug-likeness (QED) is 0.706. The molecule has 0 aliphatic rings. The van der Waals surface area contributed by atoms with Gasteiger partial charge in [0.15, 0.2) is 0 Å². The van der Waals surface area contributed by atoms with Crippen LogP contribution < -0.4 is 0 Å². The molecule has 0 fully saturated rings. The average molecular weight is 211 g/mol. The smallest absolute Gasteiger partial charge is 0.310 e. The van der Waals surface area contributed by atoms with Gasteiger partial charge in [-0.25, -0.2) is 9.67 Å². The van der Waals surface area contributed by atoms with Crippen LogP contribution in [0.3, 0.4) is 0 Å². The third-order valence-corrected chi connectivity index (χ3v) is 2.59. The van der Waals surface area contributed by atoms with Crippen molar-refractivity contribution in [1.29, 1.82) is 0 Å². The molecule has 0 aromatic carbocycles. The van der Waals surface area contributed by atoms with Crippen LogP contribution in [0.2, 0.25) is 0 Å². The molecule has 2 atom stereocenters. The van der Waals surface area contributed by atoms with E-state index in [-0.39, 0.29) is 17.9 Å². The summed E-state index contributed by atoms with van der Waals surface area (Å²) in [5.74, 6) is 1.08. The lowest BCUT2D eigenvalue weighted by atomic mass is 10.0. The monoisotopic (exact) mass is 211 g/mol. The number of carbonyl (C=O) groups excluding carboxylic acids is 1. The average Bonchev–Trinajstić information content (AvgIpc) is 2.54. The molecule has 1 heterocycles. The van der Waals surface area contributed by atoms with Gasteiger partial charge in [0.25, 0.3) is 0 Å². The first kappa shape index (κ1) is 11.7. The second-order valence-corrected chi connectivity index (χ2v) is 3.70. The first-order valence-electron chi connectivity index (χ1n) is 4.95. The second kappa shape index (κ2) is 4.42. The highest BCUT2D eigenvalue weighted by Crippen LogP contribution is 2.19. The maximum Gasteiger partial charge on any atom is 0.310 e. The van der Waals surface area contributed by atoms with E-state index in [1.165, 1.54) is 7.11 Å². The van der Waals surface area contributed by atoms with Gasteiger partial charge >= 0.3 is 5.97 Å². The molecule has 0 amide bonds. The molecule has 5 heteroatoms. The SMILES string of the molecule is COC(=O)C(C)C(C)n1nc(C)nc1C. The fraction of sp³-hybridized carbons (Fsp3) is 0.700. The number of nitrogens with zero attached hydrogens (tertiary/aromatic N) is 3. The Morgan fingerprint density at radius 1 is 1.40 bits per heavy atom. The molecule has 0 aliphatic carbocycles. The molecular formula is C10H17N3O2. The van der Waals surface area contributed by atoms with Crippen LogP contribution in [0.25, 0.3) is 0 Å². The van der Waals surface area contributed by atoms with Crippen LogP contribution in [-0.2, 0) is 9.53 Å². The Kier molecular flexibility index (Phi) is 3.44. The highest BCUT2D eigenvalue weighted by atomic mass is 16.5. The van der Waals surface area contributed by atoms with Gasteiger partial charge in [0.05, 0.1) is 19.1 Å². The van der Waals surface area contributed by atoms with E-state index in [1.807, 2.05) is 27.7 Å². The molecule has 0 N–H and O–H groups in total.